The standard InChI is InChI=1S/C11H12BrFS/c12-10-3-1-2-8(6-10)11(13)9-4-5-14-7-9/h1-3,6,9,11H,4-5,7H2. The molecule has 1 aromatic carbocycles. The number of alkyl halides is 1. The average molecular weight is 275 g/mol. The fourth-order valence-electron chi connectivity index (χ4n) is 1.73. The van der Waals surface area contributed by atoms with Crippen molar-refractivity contribution in [1.82, 2.24) is 0 Å². The molecule has 1 aliphatic rings. The number of hydrogen-bond donors (Lipinski definition) is 0. The van der Waals surface area contributed by atoms with Crippen LogP contribution in [0.5, 0.6) is 0 Å². The molecule has 0 aliphatic carbocycles. The SMILES string of the molecule is FC(c1cccc(Br)c1)C1CCSC1. The van der Waals surface area contributed by atoms with Gasteiger partial charge >= 0.3 is 0 Å². The molecular weight excluding hydrogens is 263 g/mol. The van der Waals surface area contributed by atoms with Gasteiger partial charge in [-0.1, -0.05) is 28.1 Å². The highest BCUT2D eigenvalue weighted by Gasteiger charge is 2.26. The molecular formula is C11H12BrFS. The molecule has 3 heteroatoms. The molecule has 0 amide bonds. The Morgan fingerprint density at radius 1 is 1.50 bits per heavy atom. The Morgan fingerprint density at radius 2 is 2.36 bits per heavy atom. The first-order valence-corrected chi connectivity index (χ1v) is 6.69. The van der Waals surface area contributed by atoms with E-state index in [0.29, 0.717) is 0 Å². The minimum absolute atomic E-state index is 0.217. The fraction of sp³-hybridized carbons (Fsp3) is 0.455. The third kappa shape index (κ3) is 2.31. The van der Waals surface area contributed by atoms with Gasteiger partial charge in [-0.15, -0.1) is 0 Å². The first kappa shape index (κ1) is 10.5. The molecule has 0 nitrogen and oxygen atoms in total. The highest BCUT2D eigenvalue weighted by atomic mass is 79.9. The molecule has 1 aliphatic heterocycles. The molecule has 0 spiro atoms. The first-order valence-electron chi connectivity index (χ1n) is 4.74. The van der Waals surface area contributed by atoms with E-state index < -0.39 is 6.17 Å². The van der Waals surface area contributed by atoms with Gasteiger partial charge < -0.3 is 0 Å². The van der Waals surface area contributed by atoms with Crippen LogP contribution in [0.4, 0.5) is 4.39 Å². The summed E-state index contributed by atoms with van der Waals surface area (Å²) in [6, 6.07) is 7.58. The van der Waals surface area contributed by atoms with Gasteiger partial charge in [0, 0.05) is 10.4 Å². The van der Waals surface area contributed by atoms with Gasteiger partial charge in [0.25, 0.3) is 0 Å². The summed E-state index contributed by atoms with van der Waals surface area (Å²) in [5, 5.41) is 0. The number of thioether (sulfide) groups is 1. The summed E-state index contributed by atoms with van der Waals surface area (Å²) in [5.41, 5.74) is 0.812. The van der Waals surface area contributed by atoms with Crippen molar-refractivity contribution in [3.05, 3.63) is 34.3 Å². The van der Waals surface area contributed by atoms with E-state index >= 15 is 0 Å². The first-order chi connectivity index (χ1) is 6.77. The Bertz CT molecular complexity index is 310. The van der Waals surface area contributed by atoms with Crippen LogP contribution in [0.2, 0.25) is 0 Å². The Kier molecular flexibility index (Phi) is 3.50. The summed E-state index contributed by atoms with van der Waals surface area (Å²) in [6.07, 6.45) is 0.223. The molecule has 0 saturated carbocycles. The van der Waals surface area contributed by atoms with Crippen LogP contribution in [-0.2, 0) is 0 Å². The van der Waals surface area contributed by atoms with Crippen molar-refractivity contribution in [1.29, 1.82) is 0 Å². The molecule has 1 aromatic rings. The summed E-state index contributed by atoms with van der Waals surface area (Å²) >= 11 is 5.22. The van der Waals surface area contributed by atoms with E-state index in [1.807, 2.05) is 36.0 Å². The predicted molar refractivity (Wildman–Crippen MR) is 63.4 cm³/mol. The van der Waals surface area contributed by atoms with Crippen LogP contribution in [0.3, 0.4) is 0 Å². The van der Waals surface area contributed by atoms with Gasteiger partial charge in [0.2, 0.25) is 0 Å². The maximum atomic E-state index is 14.0. The molecule has 1 heterocycles. The number of benzene rings is 1. The molecule has 2 unspecified atom stereocenters. The zero-order valence-electron chi connectivity index (χ0n) is 7.75. The van der Waals surface area contributed by atoms with E-state index in [0.717, 1.165) is 28.0 Å². The van der Waals surface area contributed by atoms with Crippen LogP contribution in [-0.4, -0.2) is 11.5 Å². The van der Waals surface area contributed by atoms with Crippen molar-refractivity contribution in [2.75, 3.05) is 11.5 Å². The van der Waals surface area contributed by atoms with E-state index in [1.165, 1.54) is 0 Å². The van der Waals surface area contributed by atoms with Crippen molar-refractivity contribution in [2.45, 2.75) is 12.6 Å². The second kappa shape index (κ2) is 4.67. The highest BCUT2D eigenvalue weighted by Crippen LogP contribution is 2.37. The summed E-state index contributed by atoms with van der Waals surface area (Å²) in [7, 11) is 0. The number of rotatable bonds is 2. The van der Waals surface area contributed by atoms with Crippen molar-refractivity contribution in [3.63, 3.8) is 0 Å². The van der Waals surface area contributed by atoms with Crippen molar-refractivity contribution in [3.8, 4) is 0 Å². The van der Waals surface area contributed by atoms with E-state index in [1.54, 1.807) is 0 Å². The van der Waals surface area contributed by atoms with Crippen molar-refractivity contribution >= 4 is 27.7 Å². The quantitative estimate of drug-likeness (QED) is 0.779. The number of hydrogen-bond acceptors (Lipinski definition) is 1. The second-order valence-corrected chi connectivity index (χ2v) is 5.65. The maximum absolute atomic E-state index is 14.0. The third-order valence-electron chi connectivity index (χ3n) is 2.55. The fourth-order valence-corrected chi connectivity index (χ4v) is 3.43. The molecule has 14 heavy (non-hydrogen) atoms. The summed E-state index contributed by atoms with van der Waals surface area (Å²) in [6.45, 7) is 0. The zero-order chi connectivity index (χ0) is 9.97. The van der Waals surface area contributed by atoms with Gasteiger partial charge in [-0.25, -0.2) is 4.39 Å². The highest BCUT2D eigenvalue weighted by molar-refractivity contribution is 9.10. The lowest BCUT2D eigenvalue weighted by Crippen LogP contribution is -2.07. The minimum Gasteiger partial charge on any atom is -0.242 e. The lowest BCUT2D eigenvalue weighted by molar-refractivity contribution is 0.251. The molecule has 0 N–H and O–H groups in total. The second-order valence-electron chi connectivity index (χ2n) is 3.58. The van der Waals surface area contributed by atoms with Crippen LogP contribution in [0, 0.1) is 5.92 Å². The maximum Gasteiger partial charge on any atom is 0.129 e. The molecule has 76 valence electrons. The van der Waals surface area contributed by atoms with Gasteiger partial charge in [-0.05, 0) is 35.6 Å². The zero-order valence-corrected chi connectivity index (χ0v) is 10.2. The van der Waals surface area contributed by atoms with Gasteiger partial charge in [0.1, 0.15) is 6.17 Å². The van der Waals surface area contributed by atoms with Gasteiger partial charge in [-0.2, -0.15) is 11.8 Å². The molecule has 2 rings (SSSR count). The molecule has 0 bridgehead atoms. The average Bonchev–Trinajstić information content (AvgIpc) is 2.69. The Morgan fingerprint density at radius 3 is 3.00 bits per heavy atom. The van der Waals surface area contributed by atoms with E-state index in [4.69, 9.17) is 0 Å². The summed E-state index contributed by atoms with van der Waals surface area (Å²) in [5.74, 6) is 2.29. The summed E-state index contributed by atoms with van der Waals surface area (Å²) < 4.78 is 14.9. The van der Waals surface area contributed by atoms with Gasteiger partial charge in [0.05, 0.1) is 0 Å². The van der Waals surface area contributed by atoms with Crippen LogP contribution in [0.1, 0.15) is 18.2 Å². The van der Waals surface area contributed by atoms with Crippen LogP contribution in [0.15, 0.2) is 28.7 Å². The lowest BCUT2D eigenvalue weighted by Gasteiger charge is -2.14. The van der Waals surface area contributed by atoms with Gasteiger partial charge in [0.15, 0.2) is 0 Å². The Labute approximate surface area is 96.4 Å². The Balaban J connectivity index is 2.13. The van der Waals surface area contributed by atoms with Crippen molar-refractivity contribution in [2.24, 2.45) is 5.92 Å². The molecule has 1 saturated heterocycles. The predicted octanol–water partition coefficient (Wildman–Crippen LogP) is 4.21. The van der Waals surface area contributed by atoms with E-state index in [9.17, 15) is 4.39 Å². The van der Waals surface area contributed by atoms with Crippen molar-refractivity contribution < 1.29 is 4.39 Å². The summed E-state index contributed by atoms with van der Waals surface area (Å²) in [4.78, 5) is 0. The molecule has 0 radical (unpaired) electrons. The Hall–Kier alpha value is -0.0200. The van der Waals surface area contributed by atoms with Crippen LogP contribution in [0.25, 0.3) is 0 Å². The normalized spacial score (nSPS) is 23.7. The number of halogens is 2. The molecule has 1 fully saturated rings. The smallest absolute Gasteiger partial charge is 0.129 e. The third-order valence-corrected chi connectivity index (χ3v) is 4.23. The van der Waals surface area contributed by atoms with E-state index in [2.05, 4.69) is 15.9 Å². The molecule has 2 atom stereocenters. The lowest BCUT2D eigenvalue weighted by atomic mass is 9.97. The van der Waals surface area contributed by atoms with Crippen LogP contribution >= 0.6 is 27.7 Å². The van der Waals surface area contributed by atoms with Gasteiger partial charge in [-0.3, -0.25) is 0 Å². The topological polar surface area (TPSA) is 0 Å². The minimum atomic E-state index is -0.789. The van der Waals surface area contributed by atoms with E-state index in [-0.39, 0.29) is 5.92 Å². The molecule has 0 aromatic heterocycles. The monoisotopic (exact) mass is 274 g/mol. The van der Waals surface area contributed by atoms with Crippen LogP contribution < -0.4 is 0 Å². The largest absolute Gasteiger partial charge is 0.242 e.